The molecule has 0 saturated carbocycles. The van der Waals surface area contributed by atoms with Crippen LogP contribution in [0.4, 0.5) is 5.69 Å². The number of likely N-dealkylation sites (tertiary alicyclic amines) is 1. The molecule has 3 fully saturated rings. The maximum Gasteiger partial charge on any atom is 0.113 e. The number of hydrogen-bond donors (Lipinski definition) is 1. The molecule has 3 aliphatic rings. The molecule has 5 rings (SSSR count). The first-order chi connectivity index (χ1) is 13.7. The molecule has 4 heterocycles. The molecular formula is C22H28N6. The van der Waals surface area contributed by atoms with Gasteiger partial charge in [-0.1, -0.05) is 6.92 Å². The van der Waals surface area contributed by atoms with Crippen molar-refractivity contribution in [1.29, 1.82) is 5.26 Å². The second kappa shape index (κ2) is 6.98. The summed E-state index contributed by atoms with van der Waals surface area (Å²) in [6, 6.07) is 6.19. The smallest absolute Gasteiger partial charge is 0.113 e. The van der Waals surface area contributed by atoms with Crippen molar-refractivity contribution in [2.24, 2.45) is 17.3 Å². The van der Waals surface area contributed by atoms with E-state index in [2.05, 4.69) is 44.1 Å². The number of benzene rings is 1. The van der Waals surface area contributed by atoms with Crippen LogP contribution in [0.25, 0.3) is 11.0 Å². The van der Waals surface area contributed by atoms with Gasteiger partial charge in [0.05, 0.1) is 11.3 Å². The number of hydrogen-bond acceptors (Lipinski definition) is 6. The molecule has 1 unspecified atom stereocenters. The summed E-state index contributed by atoms with van der Waals surface area (Å²) < 4.78 is 0. The van der Waals surface area contributed by atoms with E-state index >= 15 is 0 Å². The van der Waals surface area contributed by atoms with E-state index in [1.165, 1.54) is 45.6 Å². The Bertz CT molecular complexity index is 913. The third-order valence-electron chi connectivity index (χ3n) is 7.18. The van der Waals surface area contributed by atoms with Gasteiger partial charge >= 0.3 is 0 Å². The molecule has 6 nitrogen and oxygen atoms in total. The molecule has 1 spiro atoms. The molecule has 146 valence electrons. The highest BCUT2D eigenvalue weighted by molar-refractivity contribution is 5.92. The van der Waals surface area contributed by atoms with Crippen LogP contribution < -0.4 is 10.2 Å². The summed E-state index contributed by atoms with van der Waals surface area (Å²) in [5.74, 6) is 1.33. The summed E-state index contributed by atoms with van der Waals surface area (Å²) >= 11 is 0. The zero-order valence-corrected chi connectivity index (χ0v) is 16.6. The van der Waals surface area contributed by atoms with Crippen LogP contribution in [0.3, 0.4) is 0 Å². The maximum absolute atomic E-state index is 9.38. The molecule has 1 aromatic carbocycles. The number of rotatable bonds is 3. The first kappa shape index (κ1) is 17.8. The van der Waals surface area contributed by atoms with Gasteiger partial charge in [0.15, 0.2) is 0 Å². The van der Waals surface area contributed by atoms with E-state index < -0.39 is 0 Å². The Hall–Kier alpha value is -2.23. The van der Waals surface area contributed by atoms with Crippen LogP contribution >= 0.6 is 0 Å². The quantitative estimate of drug-likeness (QED) is 0.886. The van der Waals surface area contributed by atoms with Crippen molar-refractivity contribution in [1.82, 2.24) is 20.2 Å². The summed E-state index contributed by atoms with van der Waals surface area (Å²) in [6.07, 6.45) is 6.08. The molecule has 0 radical (unpaired) electrons. The van der Waals surface area contributed by atoms with Crippen LogP contribution in [0.1, 0.15) is 25.3 Å². The zero-order valence-electron chi connectivity index (χ0n) is 16.6. The van der Waals surface area contributed by atoms with E-state index in [1.54, 1.807) is 12.4 Å². The summed E-state index contributed by atoms with van der Waals surface area (Å²) in [5, 5.41) is 12.9. The van der Waals surface area contributed by atoms with Crippen molar-refractivity contribution in [2.45, 2.75) is 19.8 Å². The molecule has 3 atom stereocenters. The van der Waals surface area contributed by atoms with Crippen LogP contribution in [0.15, 0.2) is 24.5 Å². The fraction of sp³-hybridized carbons (Fsp3) is 0.591. The van der Waals surface area contributed by atoms with E-state index in [1.807, 2.05) is 6.07 Å². The van der Waals surface area contributed by atoms with Crippen LogP contribution in [-0.2, 0) is 0 Å². The summed E-state index contributed by atoms with van der Waals surface area (Å²) in [5.41, 5.74) is 3.83. The Balaban J connectivity index is 1.33. The van der Waals surface area contributed by atoms with Crippen LogP contribution in [0.5, 0.6) is 0 Å². The van der Waals surface area contributed by atoms with Gasteiger partial charge in [0.1, 0.15) is 17.1 Å². The lowest BCUT2D eigenvalue weighted by Crippen LogP contribution is -2.34. The number of nitrogens with one attached hydrogen (secondary N) is 1. The molecule has 1 aromatic heterocycles. The average Bonchev–Trinajstić information content (AvgIpc) is 3.43. The Kier molecular flexibility index (Phi) is 4.45. The minimum absolute atomic E-state index is 0.542. The SMILES string of the molecule is C[C@H]1CN(c2ccc(C#N)c3nccnc23)C[C@@H]1CN1CCC2(CCNC2)C1. The molecule has 3 saturated heterocycles. The normalized spacial score (nSPS) is 30.5. The van der Waals surface area contributed by atoms with Gasteiger partial charge in [-0.3, -0.25) is 9.97 Å². The topological polar surface area (TPSA) is 68.1 Å². The molecule has 28 heavy (non-hydrogen) atoms. The van der Waals surface area contributed by atoms with Gasteiger partial charge in [-0.15, -0.1) is 0 Å². The number of nitrogens with zero attached hydrogens (tertiary/aromatic N) is 5. The Morgan fingerprint density at radius 2 is 2.07 bits per heavy atom. The molecule has 6 heteroatoms. The van der Waals surface area contributed by atoms with Gasteiger partial charge in [-0.25, -0.2) is 0 Å². The minimum atomic E-state index is 0.542. The van der Waals surface area contributed by atoms with E-state index in [4.69, 9.17) is 0 Å². The van der Waals surface area contributed by atoms with Gasteiger partial charge in [-0.05, 0) is 55.3 Å². The fourth-order valence-electron chi connectivity index (χ4n) is 5.52. The van der Waals surface area contributed by atoms with Crippen LogP contribution in [-0.4, -0.2) is 60.7 Å². The lowest BCUT2D eigenvalue weighted by molar-refractivity contribution is 0.229. The standard InChI is InChI=1S/C22H28N6/c1-16-11-28(19-3-2-17(10-23)20-21(19)26-8-7-25-20)13-18(16)12-27-9-5-22(15-27)4-6-24-14-22/h2-3,7-8,16,18,24H,4-6,9,11-15H2,1H3/t16-,18-,22?/m0/s1. The van der Waals surface area contributed by atoms with Crippen molar-refractivity contribution < 1.29 is 0 Å². The Morgan fingerprint density at radius 3 is 2.86 bits per heavy atom. The van der Waals surface area contributed by atoms with Gasteiger partial charge in [0, 0.05) is 45.1 Å². The van der Waals surface area contributed by atoms with Gasteiger partial charge in [0.2, 0.25) is 0 Å². The van der Waals surface area contributed by atoms with Gasteiger partial charge in [0.25, 0.3) is 0 Å². The molecule has 2 aromatic rings. The van der Waals surface area contributed by atoms with Crippen molar-refractivity contribution in [3.63, 3.8) is 0 Å². The predicted octanol–water partition coefficient (Wildman–Crippen LogP) is 2.26. The largest absolute Gasteiger partial charge is 0.369 e. The second-order valence-corrected chi connectivity index (χ2v) is 9.05. The monoisotopic (exact) mass is 376 g/mol. The summed E-state index contributed by atoms with van der Waals surface area (Å²) in [7, 11) is 0. The van der Waals surface area contributed by atoms with Gasteiger partial charge in [-0.2, -0.15) is 5.26 Å². The molecule has 0 amide bonds. The number of anilines is 1. The lowest BCUT2D eigenvalue weighted by atomic mass is 9.86. The molecule has 3 aliphatic heterocycles. The van der Waals surface area contributed by atoms with E-state index in [-0.39, 0.29) is 0 Å². The molecule has 0 aliphatic carbocycles. The van der Waals surface area contributed by atoms with Crippen molar-refractivity contribution in [3.8, 4) is 6.07 Å². The van der Waals surface area contributed by atoms with Crippen LogP contribution in [0, 0.1) is 28.6 Å². The molecule has 0 bridgehead atoms. The van der Waals surface area contributed by atoms with E-state index in [9.17, 15) is 5.26 Å². The predicted molar refractivity (Wildman–Crippen MR) is 110 cm³/mol. The fourth-order valence-corrected chi connectivity index (χ4v) is 5.52. The third-order valence-corrected chi connectivity index (χ3v) is 7.18. The Morgan fingerprint density at radius 1 is 1.21 bits per heavy atom. The zero-order chi connectivity index (χ0) is 19.1. The average molecular weight is 377 g/mol. The molecule has 1 N–H and O–H groups in total. The van der Waals surface area contributed by atoms with Gasteiger partial charge < -0.3 is 15.1 Å². The maximum atomic E-state index is 9.38. The minimum Gasteiger partial charge on any atom is -0.369 e. The summed E-state index contributed by atoms with van der Waals surface area (Å²) in [4.78, 5) is 14.1. The van der Waals surface area contributed by atoms with E-state index in [0.29, 0.717) is 28.3 Å². The van der Waals surface area contributed by atoms with E-state index in [0.717, 1.165) is 24.3 Å². The van der Waals surface area contributed by atoms with Crippen LogP contribution in [0.2, 0.25) is 0 Å². The summed E-state index contributed by atoms with van der Waals surface area (Å²) in [6.45, 7) is 10.6. The lowest BCUT2D eigenvalue weighted by Gasteiger charge is -2.26. The molecular weight excluding hydrogens is 348 g/mol. The first-order valence-electron chi connectivity index (χ1n) is 10.5. The number of fused-ring (bicyclic) bond motifs is 1. The third kappa shape index (κ3) is 3.03. The first-order valence-corrected chi connectivity index (χ1v) is 10.5. The van der Waals surface area contributed by atoms with Crippen molar-refractivity contribution >= 4 is 16.7 Å². The Labute approximate surface area is 166 Å². The highest BCUT2D eigenvalue weighted by Gasteiger charge is 2.42. The highest BCUT2D eigenvalue weighted by atomic mass is 15.2. The number of nitriles is 1. The number of aromatic nitrogens is 2. The second-order valence-electron chi connectivity index (χ2n) is 9.05. The van der Waals surface area contributed by atoms with Crippen molar-refractivity contribution in [2.75, 3.05) is 50.7 Å². The highest BCUT2D eigenvalue weighted by Crippen LogP contribution is 2.38. The van der Waals surface area contributed by atoms with Crippen molar-refractivity contribution in [3.05, 3.63) is 30.1 Å².